The van der Waals surface area contributed by atoms with Crippen LogP contribution in [0.1, 0.15) is 35.7 Å². The van der Waals surface area contributed by atoms with Gasteiger partial charge >= 0.3 is 5.97 Å². The summed E-state index contributed by atoms with van der Waals surface area (Å²) >= 11 is 0. The van der Waals surface area contributed by atoms with Gasteiger partial charge in [0.2, 0.25) is 0 Å². The summed E-state index contributed by atoms with van der Waals surface area (Å²) in [4.78, 5) is 24.3. The first-order valence-corrected chi connectivity index (χ1v) is 8.18. The van der Waals surface area contributed by atoms with Crippen LogP contribution in [0.2, 0.25) is 0 Å². The summed E-state index contributed by atoms with van der Waals surface area (Å²) < 4.78 is 10.4. The highest BCUT2D eigenvalue weighted by Crippen LogP contribution is 2.30. The molecule has 0 fully saturated rings. The van der Waals surface area contributed by atoms with Gasteiger partial charge in [0.25, 0.3) is 0 Å². The first-order chi connectivity index (χ1) is 12.3. The Morgan fingerprint density at radius 3 is 2.50 bits per heavy atom. The van der Waals surface area contributed by atoms with Crippen LogP contribution < -0.4 is 4.74 Å². The van der Waals surface area contributed by atoms with Gasteiger partial charge in [-0.05, 0) is 31.1 Å². The molecule has 1 aliphatic rings. The van der Waals surface area contributed by atoms with Gasteiger partial charge in [0.05, 0.1) is 13.2 Å². The molecular weight excluding hydrogens is 340 g/mol. The Bertz CT molecular complexity index is 736. The first-order valence-electron chi connectivity index (χ1n) is 8.18. The number of aliphatic hydroxyl groups is 2. The Labute approximate surface area is 151 Å². The van der Waals surface area contributed by atoms with Gasteiger partial charge in [-0.15, -0.1) is 0 Å². The fraction of sp³-hybridized carbons (Fsp3) is 0.368. The zero-order valence-electron chi connectivity index (χ0n) is 14.6. The second-order valence-corrected chi connectivity index (χ2v) is 6.02. The quantitative estimate of drug-likeness (QED) is 0.650. The van der Waals surface area contributed by atoms with Gasteiger partial charge in [0.15, 0.2) is 5.78 Å². The van der Waals surface area contributed by atoms with Gasteiger partial charge in [-0.1, -0.05) is 18.2 Å². The third kappa shape index (κ3) is 4.71. The molecule has 7 heteroatoms. The van der Waals surface area contributed by atoms with E-state index in [0.717, 1.165) is 6.08 Å². The minimum atomic E-state index is -1.55. The molecule has 0 unspecified atom stereocenters. The molecule has 0 bridgehead atoms. The van der Waals surface area contributed by atoms with Gasteiger partial charge < -0.3 is 24.8 Å². The molecular formula is C19H22O7. The van der Waals surface area contributed by atoms with Gasteiger partial charge in [-0.25, -0.2) is 4.79 Å². The van der Waals surface area contributed by atoms with E-state index in [9.17, 15) is 24.9 Å². The van der Waals surface area contributed by atoms with E-state index in [-0.39, 0.29) is 24.2 Å². The molecule has 0 aromatic heterocycles. The Hall–Kier alpha value is -2.64. The monoisotopic (exact) mass is 362 g/mol. The van der Waals surface area contributed by atoms with Crippen LogP contribution in [0.3, 0.4) is 0 Å². The van der Waals surface area contributed by atoms with Crippen LogP contribution in [0.4, 0.5) is 0 Å². The first kappa shape index (κ1) is 19.7. The lowest BCUT2D eigenvalue weighted by molar-refractivity contribution is -0.127. The number of aromatic hydroxyl groups is 1. The Balaban J connectivity index is 2.45. The summed E-state index contributed by atoms with van der Waals surface area (Å²) in [6.07, 6.45) is 2.42. The SMILES string of the molecule is COc1cc(O)c2c(c1)/C=C/C[C@H](O)[C@H](O)C(=O)/C=C/C[C@H](C)OC2=O. The van der Waals surface area contributed by atoms with Crippen molar-refractivity contribution in [1.82, 2.24) is 0 Å². The highest BCUT2D eigenvalue weighted by molar-refractivity contribution is 5.97. The lowest BCUT2D eigenvalue weighted by atomic mass is 10.0. The van der Waals surface area contributed by atoms with Crippen molar-refractivity contribution in [2.45, 2.75) is 38.1 Å². The molecule has 0 spiro atoms. The molecule has 0 aliphatic carbocycles. The molecule has 0 saturated heterocycles. The zero-order valence-corrected chi connectivity index (χ0v) is 14.6. The summed E-state index contributed by atoms with van der Waals surface area (Å²) in [6.45, 7) is 1.64. The third-order valence-electron chi connectivity index (χ3n) is 3.95. The second-order valence-electron chi connectivity index (χ2n) is 6.02. The minimum Gasteiger partial charge on any atom is -0.507 e. The predicted octanol–water partition coefficient (Wildman–Crippen LogP) is 1.60. The smallest absolute Gasteiger partial charge is 0.342 e. The molecule has 26 heavy (non-hydrogen) atoms. The highest BCUT2D eigenvalue weighted by atomic mass is 16.5. The van der Waals surface area contributed by atoms with Crippen LogP contribution in [-0.2, 0) is 9.53 Å². The van der Waals surface area contributed by atoms with Crippen molar-refractivity contribution in [3.05, 3.63) is 41.5 Å². The maximum absolute atomic E-state index is 12.4. The summed E-state index contributed by atoms with van der Waals surface area (Å²) in [5.74, 6) is -1.29. The van der Waals surface area contributed by atoms with Crippen molar-refractivity contribution < 1.29 is 34.4 Å². The summed E-state index contributed by atoms with van der Waals surface area (Å²) in [5, 5.41) is 30.0. The van der Waals surface area contributed by atoms with Crippen molar-refractivity contribution in [3.8, 4) is 11.5 Å². The van der Waals surface area contributed by atoms with Crippen LogP contribution in [-0.4, -0.2) is 52.5 Å². The standard InChI is InChI=1S/C19H22O7/c1-11-5-3-7-14(20)18(23)15(21)8-4-6-12-9-13(25-2)10-16(22)17(12)19(24)26-11/h3-4,6-7,9-11,15,18,21-23H,5,8H2,1-2H3/b6-4+,7-3+/t11-,15-,18+/m0/s1. The largest absolute Gasteiger partial charge is 0.507 e. The Morgan fingerprint density at radius 1 is 1.12 bits per heavy atom. The lowest BCUT2D eigenvalue weighted by Gasteiger charge is -2.16. The summed E-state index contributed by atoms with van der Waals surface area (Å²) in [7, 11) is 1.42. The molecule has 2 rings (SSSR count). The van der Waals surface area contributed by atoms with Crippen molar-refractivity contribution in [1.29, 1.82) is 0 Å². The number of hydrogen-bond donors (Lipinski definition) is 3. The summed E-state index contributed by atoms with van der Waals surface area (Å²) in [5.41, 5.74) is 0.306. The molecule has 1 heterocycles. The number of phenolic OH excluding ortho intramolecular Hbond substituents is 1. The number of hydrogen-bond acceptors (Lipinski definition) is 7. The van der Waals surface area contributed by atoms with Crippen LogP contribution >= 0.6 is 0 Å². The number of fused-ring (bicyclic) bond motifs is 1. The topological polar surface area (TPSA) is 113 Å². The average Bonchev–Trinajstić information content (AvgIpc) is 2.59. The molecule has 0 saturated carbocycles. The van der Waals surface area contributed by atoms with Crippen LogP contribution in [0, 0.1) is 0 Å². The maximum atomic E-state index is 12.4. The normalized spacial score (nSPS) is 27.0. The van der Waals surface area contributed by atoms with Gasteiger partial charge in [0, 0.05) is 12.5 Å². The fourth-order valence-corrected chi connectivity index (χ4v) is 2.51. The number of carbonyl (C=O) groups excluding carboxylic acids is 2. The van der Waals surface area contributed by atoms with Crippen molar-refractivity contribution >= 4 is 17.8 Å². The minimum absolute atomic E-state index is 0.0242. The predicted molar refractivity (Wildman–Crippen MR) is 94.0 cm³/mol. The number of cyclic esters (lactones) is 1. The van der Waals surface area contributed by atoms with Gasteiger partial charge in [-0.3, -0.25) is 4.79 Å². The number of esters is 1. The molecule has 0 radical (unpaired) electrons. The van der Waals surface area contributed by atoms with E-state index < -0.39 is 30.1 Å². The van der Waals surface area contributed by atoms with Crippen LogP contribution in [0.5, 0.6) is 11.5 Å². The molecule has 3 N–H and O–H groups in total. The molecule has 1 aliphatic heterocycles. The van der Waals surface area contributed by atoms with E-state index in [2.05, 4.69) is 0 Å². The molecule has 3 atom stereocenters. The van der Waals surface area contributed by atoms with Crippen molar-refractivity contribution in [3.63, 3.8) is 0 Å². The average molecular weight is 362 g/mol. The van der Waals surface area contributed by atoms with Crippen LogP contribution in [0.15, 0.2) is 30.4 Å². The lowest BCUT2D eigenvalue weighted by Crippen LogP contribution is -2.32. The summed E-state index contributed by atoms with van der Waals surface area (Å²) in [6, 6.07) is 2.84. The number of benzene rings is 1. The van der Waals surface area contributed by atoms with E-state index in [0.29, 0.717) is 11.3 Å². The molecule has 7 nitrogen and oxygen atoms in total. The Kier molecular flexibility index (Phi) is 6.54. The van der Waals surface area contributed by atoms with Crippen molar-refractivity contribution in [2.75, 3.05) is 7.11 Å². The molecule has 1 aromatic rings. The number of aliphatic hydroxyl groups excluding tert-OH is 2. The van der Waals surface area contributed by atoms with E-state index in [4.69, 9.17) is 9.47 Å². The number of phenols is 1. The third-order valence-corrected chi connectivity index (χ3v) is 3.95. The number of rotatable bonds is 1. The maximum Gasteiger partial charge on any atom is 0.342 e. The van der Waals surface area contributed by atoms with Gasteiger partial charge in [0.1, 0.15) is 29.3 Å². The van der Waals surface area contributed by atoms with E-state index in [1.807, 2.05) is 0 Å². The fourth-order valence-electron chi connectivity index (χ4n) is 2.51. The van der Waals surface area contributed by atoms with Crippen molar-refractivity contribution in [2.24, 2.45) is 0 Å². The number of ketones is 1. The van der Waals surface area contributed by atoms with Crippen LogP contribution in [0.25, 0.3) is 6.08 Å². The van der Waals surface area contributed by atoms with E-state index in [1.165, 1.54) is 37.5 Å². The molecule has 140 valence electrons. The zero-order chi connectivity index (χ0) is 19.3. The second kappa shape index (κ2) is 8.64. The molecule has 1 aromatic carbocycles. The highest BCUT2D eigenvalue weighted by Gasteiger charge is 2.23. The Morgan fingerprint density at radius 2 is 1.81 bits per heavy atom. The van der Waals surface area contributed by atoms with E-state index >= 15 is 0 Å². The van der Waals surface area contributed by atoms with Gasteiger partial charge in [-0.2, -0.15) is 0 Å². The number of ether oxygens (including phenoxy) is 2. The number of carbonyl (C=O) groups is 2. The number of methoxy groups -OCH3 is 1. The van der Waals surface area contributed by atoms with E-state index in [1.54, 1.807) is 6.92 Å². The molecule has 0 amide bonds.